The molecule has 3 saturated heterocycles. The molecule has 0 saturated carbocycles. The third-order valence-electron chi connectivity index (χ3n) is 16.6. The molecule has 3 fully saturated rings. The largest absolute Gasteiger partial charge is 0.343 e. The van der Waals surface area contributed by atoms with Crippen molar-refractivity contribution >= 4 is 65.0 Å². The smallest absolute Gasteiger partial charge is 0.246 e. The first-order chi connectivity index (χ1) is 42.7. The fraction of sp³-hybridized carbons (Fsp3) is 0.652. The molecule has 0 radical (unpaired) electrons. The van der Waals surface area contributed by atoms with Gasteiger partial charge in [0, 0.05) is 25.9 Å². The van der Waals surface area contributed by atoms with E-state index >= 15 is 9.59 Å². The van der Waals surface area contributed by atoms with Crippen LogP contribution in [0.1, 0.15) is 151 Å². The zero-order chi connectivity index (χ0) is 66.4. The summed E-state index contributed by atoms with van der Waals surface area (Å²) in [7, 11) is 0. The van der Waals surface area contributed by atoms with Gasteiger partial charge in [0.2, 0.25) is 65.0 Å². The fourth-order valence-corrected chi connectivity index (χ4v) is 11.8. The number of fused-ring (bicyclic) bond motifs is 2. The molecule has 11 amide bonds. The molecule has 24 nitrogen and oxygen atoms in total. The number of benzene rings is 2. The van der Waals surface area contributed by atoms with Gasteiger partial charge in [-0.3, -0.25) is 52.7 Å². The fourth-order valence-electron chi connectivity index (χ4n) is 11.8. The van der Waals surface area contributed by atoms with Crippen molar-refractivity contribution < 1.29 is 52.7 Å². The number of nitrogens with two attached hydrogens (primary N) is 2. The third-order valence-corrected chi connectivity index (χ3v) is 16.6. The lowest BCUT2D eigenvalue weighted by atomic mass is 9.98. The topological polar surface area (TPSA) is 355 Å². The summed E-state index contributed by atoms with van der Waals surface area (Å²) in [6.45, 7) is 18.6. The van der Waals surface area contributed by atoms with Crippen LogP contribution in [0.3, 0.4) is 0 Å². The zero-order valence-corrected chi connectivity index (χ0v) is 54.6. The van der Waals surface area contributed by atoms with E-state index < -0.39 is 143 Å². The molecule has 3 aliphatic rings. The maximum Gasteiger partial charge on any atom is 0.246 e. The van der Waals surface area contributed by atoms with Gasteiger partial charge in [0.1, 0.15) is 66.5 Å². The molecule has 2 aromatic carbocycles. The Morgan fingerprint density at radius 2 is 0.667 bits per heavy atom. The lowest BCUT2D eigenvalue weighted by Crippen LogP contribution is -2.61. The van der Waals surface area contributed by atoms with E-state index in [9.17, 15) is 43.2 Å². The summed E-state index contributed by atoms with van der Waals surface area (Å²) in [5, 5.41) is 25.7. The van der Waals surface area contributed by atoms with Crippen LogP contribution < -0.4 is 59.3 Å². The Bertz CT molecular complexity index is 2750. The second-order valence-electron chi connectivity index (χ2n) is 26.4. The monoisotopic (exact) mass is 1250 g/mol. The normalized spacial score (nSPS) is 26.5. The highest BCUT2D eigenvalue weighted by molar-refractivity contribution is 6.00. The van der Waals surface area contributed by atoms with E-state index in [1.165, 1.54) is 9.80 Å². The summed E-state index contributed by atoms with van der Waals surface area (Å²) in [5.74, 6) is -8.87. The Morgan fingerprint density at radius 1 is 0.378 bits per heavy atom. The molecule has 11 atom stereocenters. The van der Waals surface area contributed by atoms with Gasteiger partial charge >= 0.3 is 0 Å². The molecule has 2 aromatic rings. The standard InChI is InChI=1S/C66H103N13O11/c1-38(2)33-47-59(83)74-50(36-43-21-13-11-14-22-43)65(89)78-31-19-27-52(78)61(85)76-54(41(7)8)63(87)70-46(26-18-30-68)57(81)72-48(34-39(3)4)60(84)75-51(37-44-23-15-12-16-24-44)66(90)79-32-20-28-53(79)62(86)77-55(42(9)10)64(88)73-49(35-40(5)6)58(82)69-45(25-17-29-67)56(80)71-47/h11-16,21-24,38-42,45-55H,17-20,25-37,67-68H2,1-10H3,(H,69,82)(H,70,87)(H,71,80)(H,72,81)(H,73,88)(H,74,83)(H,75,84)(H,76,85)(H,77,86)/t45-,46-,47-,48-,49-,50+,51+,52-,53-,54-,55-/m0/s1. The molecule has 3 aliphatic heterocycles. The van der Waals surface area contributed by atoms with E-state index in [0.717, 1.165) is 0 Å². The molecule has 0 unspecified atom stereocenters. The predicted molar refractivity (Wildman–Crippen MR) is 342 cm³/mol. The molecule has 13 N–H and O–H groups in total. The summed E-state index contributed by atoms with van der Waals surface area (Å²) >= 11 is 0. The van der Waals surface area contributed by atoms with Gasteiger partial charge in [0.05, 0.1) is 0 Å². The summed E-state index contributed by atoms with van der Waals surface area (Å²) in [4.78, 5) is 164. The Hall–Kier alpha value is -7.47. The number of hydrogen-bond donors (Lipinski definition) is 11. The zero-order valence-electron chi connectivity index (χ0n) is 54.6. The number of nitrogens with zero attached hydrogens (tertiary/aromatic N) is 2. The maximum atomic E-state index is 15.0. The number of hydrogen-bond acceptors (Lipinski definition) is 13. The van der Waals surface area contributed by atoms with E-state index in [1.807, 2.05) is 53.7 Å². The van der Waals surface area contributed by atoms with Crippen molar-refractivity contribution in [1.29, 1.82) is 0 Å². The van der Waals surface area contributed by atoms with Crippen LogP contribution in [-0.4, -0.2) is 167 Å². The second kappa shape index (κ2) is 35.8. The van der Waals surface area contributed by atoms with E-state index in [2.05, 4.69) is 47.9 Å². The highest BCUT2D eigenvalue weighted by Crippen LogP contribution is 2.24. The van der Waals surface area contributed by atoms with E-state index in [-0.39, 0.29) is 115 Å². The lowest BCUT2D eigenvalue weighted by Gasteiger charge is -2.32. The van der Waals surface area contributed by atoms with Crippen molar-refractivity contribution in [3.63, 3.8) is 0 Å². The molecule has 5 rings (SSSR count). The molecule has 0 aliphatic carbocycles. The van der Waals surface area contributed by atoms with Crippen molar-refractivity contribution in [2.45, 2.75) is 219 Å². The van der Waals surface area contributed by atoms with Gasteiger partial charge in [-0.1, -0.05) is 130 Å². The van der Waals surface area contributed by atoms with Crippen LogP contribution in [0.15, 0.2) is 60.7 Å². The summed E-state index contributed by atoms with van der Waals surface area (Å²) < 4.78 is 0. The Balaban J connectivity index is 1.60. The number of amides is 11. The minimum atomic E-state index is -1.24. The first-order valence-corrected chi connectivity index (χ1v) is 32.5. The summed E-state index contributed by atoms with van der Waals surface area (Å²) in [5.41, 5.74) is 13.3. The van der Waals surface area contributed by atoms with Gasteiger partial charge in [-0.25, -0.2) is 0 Å². The summed E-state index contributed by atoms with van der Waals surface area (Å²) in [6.07, 6.45) is 2.35. The van der Waals surface area contributed by atoms with E-state index in [0.29, 0.717) is 24.0 Å². The highest BCUT2D eigenvalue weighted by Gasteiger charge is 2.44. The van der Waals surface area contributed by atoms with Crippen LogP contribution in [-0.2, 0) is 65.6 Å². The van der Waals surface area contributed by atoms with Crippen molar-refractivity contribution in [3.05, 3.63) is 71.8 Å². The van der Waals surface area contributed by atoms with Crippen LogP contribution in [0, 0.1) is 29.6 Å². The molecular weight excluding hydrogens is 1150 g/mol. The van der Waals surface area contributed by atoms with E-state index in [1.54, 1.807) is 76.2 Å². The van der Waals surface area contributed by atoms with Crippen LogP contribution >= 0.6 is 0 Å². The Morgan fingerprint density at radius 3 is 0.978 bits per heavy atom. The predicted octanol–water partition coefficient (Wildman–Crippen LogP) is 1.76. The Labute approximate surface area is 531 Å². The van der Waals surface area contributed by atoms with Gasteiger partial charge in [-0.2, -0.15) is 0 Å². The van der Waals surface area contributed by atoms with Gasteiger partial charge in [0.25, 0.3) is 0 Å². The van der Waals surface area contributed by atoms with Gasteiger partial charge < -0.3 is 69.1 Å². The maximum absolute atomic E-state index is 15.0. The number of carbonyl (C=O) groups is 11. The van der Waals surface area contributed by atoms with Crippen LogP contribution in [0.5, 0.6) is 0 Å². The third kappa shape index (κ3) is 21.9. The van der Waals surface area contributed by atoms with Crippen LogP contribution in [0.2, 0.25) is 0 Å². The Kier molecular flexibility index (Phi) is 29.1. The second-order valence-corrected chi connectivity index (χ2v) is 26.4. The first kappa shape index (κ1) is 73.3. The molecular formula is C66H103N13O11. The van der Waals surface area contributed by atoms with Crippen molar-refractivity contribution in [2.24, 2.45) is 41.1 Å². The van der Waals surface area contributed by atoms with Gasteiger partial charge in [0.15, 0.2) is 0 Å². The van der Waals surface area contributed by atoms with Crippen molar-refractivity contribution in [1.82, 2.24) is 57.7 Å². The van der Waals surface area contributed by atoms with Crippen molar-refractivity contribution in [3.8, 4) is 0 Å². The molecule has 0 spiro atoms. The van der Waals surface area contributed by atoms with Gasteiger partial charge in [-0.05, 0) is 124 Å². The molecule has 0 aromatic heterocycles. The van der Waals surface area contributed by atoms with E-state index in [4.69, 9.17) is 11.5 Å². The minimum Gasteiger partial charge on any atom is -0.343 e. The molecule has 90 heavy (non-hydrogen) atoms. The first-order valence-electron chi connectivity index (χ1n) is 32.5. The average molecular weight is 1250 g/mol. The van der Waals surface area contributed by atoms with Crippen LogP contribution in [0.4, 0.5) is 0 Å². The molecule has 24 heteroatoms. The number of nitrogens with one attached hydrogen (secondary N) is 9. The van der Waals surface area contributed by atoms with Crippen molar-refractivity contribution in [2.75, 3.05) is 26.2 Å². The van der Waals surface area contributed by atoms with Gasteiger partial charge in [-0.15, -0.1) is 0 Å². The molecule has 498 valence electrons. The molecule has 3 heterocycles. The SMILES string of the molecule is CC(C)C[C@@H]1NC(=O)[C@H](CCCN)NC(=O)[C@H](CC(C)C)NC(=O)[C@H](C(C)C)NC(=O)[C@@H]2CCCN2C(=O)[C@@H](Cc2ccccc2)NC(=O)[C@H](CC(C)C)NC(=O)[C@H](CCCN)NC(=O)[C@H](C(C)C)NC(=O)[C@@H]2CCCN2C(=O)[C@@H](Cc2ccccc2)NC1=O. The quantitative estimate of drug-likeness (QED) is 0.102. The van der Waals surface area contributed by atoms with Crippen LogP contribution in [0.25, 0.3) is 0 Å². The molecule has 0 bridgehead atoms. The number of carbonyl (C=O) groups excluding carboxylic acids is 11. The minimum absolute atomic E-state index is 0.00642. The number of rotatable bonds is 18. The highest BCUT2D eigenvalue weighted by atomic mass is 16.2. The summed E-state index contributed by atoms with van der Waals surface area (Å²) in [6, 6.07) is 4.78. The average Bonchev–Trinajstić information content (AvgIpc) is 2.84. The lowest BCUT2D eigenvalue weighted by molar-refractivity contribution is -0.143.